The molecule has 0 atom stereocenters. The van der Waals surface area contributed by atoms with E-state index in [0.717, 1.165) is 18.0 Å². The summed E-state index contributed by atoms with van der Waals surface area (Å²) < 4.78 is 29.7. The zero-order valence-corrected chi connectivity index (χ0v) is 10.2. The molecule has 0 amide bonds. The van der Waals surface area contributed by atoms with E-state index in [2.05, 4.69) is 0 Å². The van der Waals surface area contributed by atoms with Gasteiger partial charge in [0.1, 0.15) is 24.0 Å². The second kappa shape index (κ2) is 4.68. The Hall–Kier alpha value is -2.04. The van der Waals surface area contributed by atoms with Gasteiger partial charge >= 0.3 is 0 Å². The maximum absolute atomic E-state index is 13.4. The Morgan fingerprint density at radius 2 is 2.11 bits per heavy atom. The third kappa shape index (κ3) is 2.30. The molecule has 0 fully saturated rings. The number of carbonyl (C=O) groups excluding carboxylic acids is 1. The second-order valence-corrected chi connectivity index (χ2v) is 4.13. The van der Waals surface area contributed by atoms with Gasteiger partial charge in [-0.1, -0.05) is 0 Å². The second-order valence-electron chi connectivity index (χ2n) is 4.13. The van der Waals surface area contributed by atoms with Crippen LogP contribution in [-0.2, 0) is 13.6 Å². The summed E-state index contributed by atoms with van der Waals surface area (Å²) in [6.07, 6.45) is 3.55. The molecular weight excluding hydrogens is 238 g/mol. The first kappa shape index (κ1) is 12.4. The fourth-order valence-corrected chi connectivity index (χ4v) is 1.72. The van der Waals surface area contributed by atoms with Crippen LogP contribution in [-0.4, -0.2) is 10.4 Å². The van der Waals surface area contributed by atoms with Crippen molar-refractivity contribution in [1.29, 1.82) is 0 Å². The highest BCUT2D eigenvalue weighted by Gasteiger charge is 2.17. The fourth-order valence-electron chi connectivity index (χ4n) is 1.72. The van der Waals surface area contributed by atoms with Gasteiger partial charge in [-0.25, -0.2) is 17.9 Å². The van der Waals surface area contributed by atoms with Gasteiger partial charge in [-0.15, -0.1) is 0 Å². The molecule has 3 nitrogen and oxygen atoms in total. The Bertz CT molecular complexity index is 605. The maximum Gasteiger partial charge on any atom is 0.253 e. The van der Waals surface area contributed by atoms with E-state index >= 15 is 0 Å². The Morgan fingerprint density at radius 3 is 2.67 bits per heavy atom. The lowest BCUT2D eigenvalue weighted by Gasteiger charge is -2.02. The van der Waals surface area contributed by atoms with Crippen molar-refractivity contribution >= 4 is 5.78 Å². The minimum Gasteiger partial charge on any atom is -0.290 e. The SMILES string of the molecule is Cc1n(CC(=O)c2ccc(F)cc2F)cc[n+]1C. The van der Waals surface area contributed by atoms with E-state index in [9.17, 15) is 13.6 Å². The Kier molecular flexibility index (Phi) is 3.23. The van der Waals surface area contributed by atoms with Gasteiger partial charge in [-0.05, 0) is 12.1 Å². The molecule has 94 valence electrons. The minimum atomic E-state index is -0.825. The molecule has 0 aliphatic rings. The van der Waals surface area contributed by atoms with Crippen LogP contribution in [0.5, 0.6) is 0 Å². The standard InChI is InChI=1S/C13H13F2N2O/c1-9-16(2)5-6-17(9)8-13(18)11-4-3-10(14)7-12(11)15/h3-7H,8H2,1-2H3/q+1. The van der Waals surface area contributed by atoms with Crippen LogP contribution < -0.4 is 4.57 Å². The zero-order chi connectivity index (χ0) is 13.3. The topological polar surface area (TPSA) is 25.9 Å². The highest BCUT2D eigenvalue weighted by atomic mass is 19.1. The fraction of sp³-hybridized carbons (Fsp3) is 0.231. The average molecular weight is 251 g/mol. The summed E-state index contributed by atoms with van der Waals surface area (Å²) in [4.78, 5) is 11.9. The first-order valence-electron chi connectivity index (χ1n) is 5.48. The number of benzene rings is 1. The molecule has 0 N–H and O–H groups in total. The number of aryl methyl sites for hydroxylation is 1. The van der Waals surface area contributed by atoms with E-state index in [1.165, 1.54) is 6.07 Å². The van der Waals surface area contributed by atoms with E-state index in [4.69, 9.17) is 0 Å². The van der Waals surface area contributed by atoms with Crippen molar-refractivity contribution in [3.63, 3.8) is 0 Å². The summed E-state index contributed by atoms with van der Waals surface area (Å²) in [6, 6.07) is 2.97. The van der Waals surface area contributed by atoms with Crippen LogP contribution in [0.4, 0.5) is 8.78 Å². The third-order valence-electron chi connectivity index (χ3n) is 2.94. The summed E-state index contributed by atoms with van der Waals surface area (Å²) in [5.74, 6) is -1.01. The van der Waals surface area contributed by atoms with E-state index in [0.29, 0.717) is 0 Å². The monoisotopic (exact) mass is 251 g/mol. The lowest BCUT2D eigenvalue weighted by atomic mass is 10.1. The number of Topliss-reactive ketones (excluding diaryl/α,β-unsaturated/α-hetero) is 1. The highest BCUT2D eigenvalue weighted by Crippen LogP contribution is 2.11. The zero-order valence-electron chi connectivity index (χ0n) is 10.2. The largest absolute Gasteiger partial charge is 0.290 e. The molecule has 18 heavy (non-hydrogen) atoms. The van der Waals surface area contributed by atoms with Gasteiger partial charge in [0.25, 0.3) is 5.82 Å². The van der Waals surface area contributed by atoms with Crippen molar-refractivity contribution in [2.24, 2.45) is 7.05 Å². The first-order chi connectivity index (χ1) is 8.49. The van der Waals surface area contributed by atoms with Crippen molar-refractivity contribution in [3.05, 3.63) is 53.6 Å². The van der Waals surface area contributed by atoms with Gasteiger partial charge in [0.15, 0.2) is 6.54 Å². The molecule has 0 unspecified atom stereocenters. The summed E-state index contributed by atoms with van der Waals surface area (Å²) in [5, 5.41) is 0. The number of nitrogens with zero attached hydrogens (tertiary/aromatic N) is 2. The van der Waals surface area contributed by atoms with Crippen LogP contribution in [0.3, 0.4) is 0 Å². The van der Waals surface area contributed by atoms with E-state index in [-0.39, 0.29) is 17.9 Å². The van der Waals surface area contributed by atoms with Gasteiger partial charge < -0.3 is 0 Å². The van der Waals surface area contributed by atoms with Crippen LogP contribution in [0.15, 0.2) is 30.6 Å². The number of imidazole rings is 1. The molecule has 0 aliphatic heterocycles. The summed E-state index contributed by atoms with van der Waals surface area (Å²) in [6.45, 7) is 1.89. The van der Waals surface area contributed by atoms with Crippen LogP contribution in [0.2, 0.25) is 0 Å². The van der Waals surface area contributed by atoms with Gasteiger partial charge in [0.2, 0.25) is 5.78 Å². The Balaban J connectivity index is 2.25. The summed E-state index contributed by atoms with van der Waals surface area (Å²) in [7, 11) is 1.86. The van der Waals surface area contributed by atoms with Crippen molar-refractivity contribution in [1.82, 2.24) is 4.57 Å². The predicted octanol–water partition coefficient (Wildman–Crippen LogP) is 1.78. The van der Waals surface area contributed by atoms with Gasteiger partial charge in [-0.2, -0.15) is 0 Å². The maximum atomic E-state index is 13.4. The number of carbonyl (C=O) groups is 1. The number of ketones is 1. The summed E-state index contributed by atoms with van der Waals surface area (Å²) >= 11 is 0. The molecule has 0 saturated heterocycles. The molecule has 0 aliphatic carbocycles. The van der Waals surface area contributed by atoms with Crippen molar-refractivity contribution in [2.75, 3.05) is 0 Å². The molecule has 2 rings (SSSR count). The number of aromatic nitrogens is 2. The van der Waals surface area contributed by atoms with Gasteiger partial charge in [-0.3, -0.25) is 4.79 Å². The van der Waals surface area contributed by atoms with Crippen molar-refractivity contribution < 1.29 is 18.1 Å². The molecule has 0 radical (unpaired) electrons. The third-order valence-corrected chi connectivity index (χ3v) is 2.94. The Labute approximate surface area is 103 Å². The smallest absolute Gasteiger partial charge is 0.253 e. The van der Waals surface area contributed by atoms with Crippen LogP contribution in [0, 0.1) is 18.6 Å². The molecule has 0 bridgehead atoms. The molecule has 1 aromatic heterocycles. The first-order valence-corrected chi connectivity index (χ1v) is 5.48. The van der Waals surface area contributed by atoms with Gasteiger partial charge in [0.05, 0.1) is 12.6 Å². The van der Waals surface area contributed by atoms with Crippen LogP contribution >= 0.6 is 0 Å². The molecule has 1 heterocycles. The lowest BCUT2D eigenvalue weighted by molar-refractivity contribution is -0.677. The predicted molar refractivity (Wildman–Crippen MR) is 61.0 cm³/mol. The number of hydrogen-bond donors (Lipinski definition) is 0. The van der Waals surface area contributed by atoms with Crippen LogP contribution in [0.1, 0.15) is 16.2 Å². The average Bonchev–Trinajstić information content (AvgIpc) is 2.61. The number of hydrogen-bond acceptors (Lipinski definition) is 1. The number of halogens is 2. The minimum absolute atomic E-state index is 0.0369. The number of rotatable bonds is 3. The lowest BCUT2D eigenvalue weighted by Crippen LogP contribution is -2.30. The Morgan fingerprint density at radius 1 is 1.39 bits per heavy atom. The quantitative estimate of drug-likeness (QED) is 0.603. The molecule has 0 saturated carbocycles. The molecule has 0 spiro atoms. The van der Waals surface area contributed by atoms with Crippen LogP contribution in [0.25, 0.3) is 0 Å². The molecular formula is C13H13F2N2O+. The molecule has 5 heteroatoms. The van der Waals surface area contributed by atoms with Crippen molar-refractivity contribution in [2.45, 2.75) is 13.5 Å². The summed E-state index contributed by atoms with van der Waals surface area (Å²) in [5.41, 5.74) is -0.0906. The molecule has 2 aromatic rings. The van der Waals surface area contributed by atoms with E-state index in [1.54, 1.807) is 10.8 Å². The molecule has 1 aromatic carbocycles. The van der Waals surface area contributed by atoms with E-state index < -0.39 is 11.6 Å². The van der Waals surface area contributed by atoms with Crippen molar-refractivity contribution in [3.8, 4) is 0 Å². The van der Waals surface area contributed by atoms with E-state index in [1.807, 2.05) is 24.7 Å². The normalized spacial score (nSPS) is 10.7. The van der Waals surface area contributed by atoms with Gasteiger partial charge in [0, 0.05) is 13.0 Å². The highest BCUT2D eigenvalue weighted by molar-refractivity contribution is 5.96.